The van der Waals surface area contributed by atoms with Crippen LogP contribution in [0.2, 0.25) is 0 Å². The van der Waals surface area contributed by atoms with Crippen LogP contribution < -0.4 is 5.32 Å². The minimum Gasteiger partial charge on any atom is -0.480 e. The largest absolute Gasteiger partial charge is 0.480 e. The molecule has 0 radical (unpaired) electrons. The van der Waals surface area contributed by atoms with Crippen LogP contribution in [0.15, 0.2) is 0 Å². The Morgan fingerprint density at radius 2 is 2.27 bits per heavy atom. The maximum atomic E-state index is 10.9. The molecule has 0 amide bonds. The molecule has 0 saturated heterocycles. The molecule has 1 aliphatic carbocycles. The molecular formula is C12H23NO2. The molecule has 3 atom stereocenters. The second-order valence-corrected chi connectivity index (χ2v) is 4.87. The van der Waals surface area contributed by atoms with Gasteiger partial charge in [0.25, 0.3) is 0 Å². The summed E-state index contributed by atoms with van der Waals surface area (Å²) in [5.41, 5.74) is 0. The van der Waals surface area contributed by atoms with E-state index in [0.717, 1.165) is 25.3 Å². The first-order chi connectivity index (χ1) is 7.13. The first kappa shape index (κ1) is 12.5. The monoisotopic (exact) mass is 213 g/mol. The van der Waals surface area contributed by atoms with Crippen LogP contribution in [0.25, 0.3) is 0 Å². The number of hydrogen-bond acceptors (Lipinski definition) is 2. The third-order valence-corrected chi connectivity index (χ3v) is 3.33. The molecule has 3 heteroatoms. The molecule has 0 spiro atoms. The van der Waals surface area contributed by atoms with Crippen LogP contribution in [0, 0.1) is 11.8 Å². The maximum Gasteiger partial charge on any atom is 0.320 e. The normalized spacial score (nSPS) is 27.9. The van der Waals surface area contributed by atoms with Crippen LogP contribution in [0.5, 0.6) is 0 Å². The Morgan fingerprint density at radius 3 is 2.73 bits per heavy atom. The van der Waals surface area contributed by atoms with Gasteiger partial charge in [0, 0.05) is 0 Å². The summed E-state index contributed by atoms with van der Waals surface area (Å²) in [6.45, 7) is 5.18. The summed E-state index contributed by atoms with van der Waals surface area (Å²) in [5, 5.41) is 12.2. The molecule has 15 heavy (non-hydrogen) atoms. The summed E-state index contributed by atoms with van der Waals surface area (Å²) in [7, 11) is 0. The van der Waals surface area contributed by atoms with Gasteiger partial charge in [-0.15, -0.1) is 0 Å². The first-order valence-corrected chi connectivity index (χ1v) is 6.09. The van der Waals surface area contributed by atoms with Crippen molar-refractivity contribution in [1.82, 2.24) is 5.32 Å². The number of aliphatic carboxylic acids is 1. The minimum absolute atomic E-state index is 0.342. The maximum absolute atomic E-state index is 10.9. The van der Waals surface area contributed by atoms with E-state index >= 15 is 0 Å². The summed E-state index contributed by atoms with van der Waals surface area (Å²) in [6.07, 6.45) is 5.47. The smallest absolute Gasteiger partial charge is 0.320 e. The number of carboxylic acids is 1. The predicted molar refractivity (Wildman–Crippen MR) is 60.8 cm³/mol. The zero-order valence-corrected chi connectivity index (χ0v) is 9.83. The van der Waals surface area contributed by atoms with Crippen LogP contribution in [0.4, 0.5) is 0 Å². The van der Waals surface area contributed by atoms with Crippen molar-refractivity contribution in [2.24, 2.45) is 11.8 Å². The van der Waals surface area contributed by atoms with Gasteiger partial charge in [0.05, 0.1) is 0 Å². The Hall–Kier alpha value is -0.570. The SMILES string of the molecule is CCCC(NCC1CCC(C)C1)C(=O)O. The van der Waals surface area contributed by atoms with Gasteiger partial charge < -0.3 is 10.4 Å². The zero-order chi connectivity index (χ0) is 11.3. The molecule has 1 saturated carbocycles. The van der Waals surface area contributed by atoms with Crippen molar-refractivity contribution in [1.29, 1.82) is 0 Å². The lowest BCUT2D eigenvalue weighted by molar-refractivity contribution is -0.139. The van der Waals surface area contributed by atoms with E-state index in [2.05, 4.69) is 12.2 Å². The lowest BCUT2D eigenvalue weighted by Crippen LogP contribution is -2.39. The van der Waals surface area contributed by atoms with Crippen molar-refractivity contribution < 1.29 is 9.90 Å². The fourth-order valence-electron chi connectivity index (χ4n) is 2.42. The molecule has 1 rings (SSSR count). The van der Waals surface area contributed by atoms with Gasteiger partial charge in [0.1, 0.15) is 6.04 Å². The van der Waals surface area contributed by atoms with E-state index in [-0.39, 0.29) is 6.04 Å². The average molecular weight is 213 g/mol. The molecule has 88 valence electrons. The van der Waals surface area contributed by atoms with Crippen molar-refractivity contribution in [3.63, 3.8) is 0 Å². The van der Waals surface area contributed by atoms with E-state index in [4.69, 9.17) is 5.11 Å². The number of carbonyl (C=O) groups is 1. The Kier molecular flexibility index (Phi) is 5.09. The summed E-state index contributed by atoms with van der Waals surface area (Å²) >= 11 is 0. The van der Waals surface area contributed by atoms with Crippen LogP contribution in [0.1, 0.15) is 46.0 Å². The molecule has 0 aromatic heterocycles. The molecule has 0 aliphatic heterocycles. The summed E-state index contributed by atoms with van der Waals surface area (Å²) in [4.78, 5) is 10.9. The highest BCUT2D eigenvalue weighted by Crippen LogP contribution is 2.29. The second-order valence-electron chi connectivity index (χ2n) is 4.87. The van der Waals surface area contributed by atoms with Gasteiger partial charge in [-0.2, -0.15) is 0 Å². The minimum atomic E-state index is -0.706. The number of carboxylic acid groups (broad SMARTS) is 1. The molecular weight excluding hydrogens is 190 g/mol. The highest BCUT2D eigenvalue weighted by Gasteiger charge is 2.23. The highest BCUT2D eigenvalue weighted by atomic mass is 16.4. The van der Waals surface area contributed by atoms with E-state index in [1.165, 1.54) is 19.3 Å². The fraction of sp³-hybridized carbons (Fsp3) is 0.917. The van der Waals surface area contributed by atoms with Gasteiger partial charge in [0.15, 0.2) is 0 Å². The van der Waals surface area contributed by atoms with Crippen molar-refractivity contribution in [3.05, 3.63) is 0 Å². The fourth-order valence-corrected chi connectivity index (χ4v) is 2.42. The highest BCUT2D eigenvalue weighted by molar-refractivity contribution is 5.73. The molecule has 1 fully saturated rings. The van der Waals surface area contributed by atoms with Crippen molar-refractivity contribution in [3.8, 4) is 0 Å². The zero-order valence-electron chi connectivity index (χ0n) is 9.83. The molecule has 0 aromatic rings. The van der Waals surface area contributed by atoms with Gasteiger partial charge in [-0.05, 0) is 37.6 Å². The van der Waals surface area contributed by atoms with Crippen LogP contribution in [-0.4, -0.2) is 23.7 Å². The van der Waals surface area contributed by atoms with E-state index in [1.54, 1.807) is 0 Å². The quantitative estimate of drug-likeness (QED) is 0.711. The summed E-state index contributed by atoms with van der Waals surface area (Å²) in [5.74, 6) is 0.813. The van der Waals surface area contributed by atoms with Crippen molar-refractivity contribution in [2.75, 3.05) is 6.54 Å². The number of nitrogens with one attached hydrogen (secondary N) is 1. The van der Waals surface area contributed by atoms with E-state index < -0.39 is 5.97 Å². The Bertz CT molecular complexity index is 206. The van der Waals surface area contributed by atoms with Crippen LogP contribution in [0.3, 0.4) is 0 Å². The molecule has 2 N–H and O–H groups in total. The van der Waals surface area contributed by atoms with Gasteiger partial charge in [-0.1, -0.05) is 26.7 Å². The molecule has 3 unspecified atom stereocenters. The second kappa shape index (κ2) is 6.11. The average Bonchev–Trinajstić information content (AvgIpc) is 2.58. The number of hydrogen-bond donors (Lipinski definition) is 2. The molecule has 0 bridgehead atoms. The van der Waals surface area contributed by atoms with Gasteiger partial charge in [-0.3, -0.25) is 4.79 Å². The van der Waals surface area contributed by atoms with Gasteiger partial charge >= 0.3 is 5.97 Å². The van der Waals surface area contributed by atoms with E-state index in [9.17, 15) is 4.79 Å². The standard InChI is InChI=1S/C12H23NO2/c1-3-4-11(12(14)15)13-8-10-6-5-9(2)7-10/h9-11,13H,3-8H2,1-2H3,(H,14,15). The molecule has 1 aliphatic rings. The van der Waals surface area contributed by atoms with Crippen molar-refractivity contribution >= 4 is 5.97 Å². The Balaban J connectivity index is 2.24. The topological polar surface area (TPSA) is 49.3 Å². The van der Waals surface area contributed by atoms with Gasteiger partial charge in [0.2, 0.25) is 0 Å². The third kappa shape index (κ3) is 4.20. The van der Waals surface area contributed by atoms with E-state index in [0.29, 0.717) is 5.92 Å². The Labute approximate surface area is 92.3 Å². The lowest BCUT2D eigenvalue weighted by Gasteiger charge is -2.16. The summed E-state index contributed by atoms with van der Waals surface area (Å²) in [6, 6.07) is -0.342. The van der Waals surface area contributed by atoms with Crippen LogP contribution >= 0.6 is 0 Å². The predicted octanol–water partition coefficient (Wildman–Crippen LogP) is 2.27. The first-order valence-electron chi connectivity index (χ1n) is 6.09. The molecule has 3 nitrogen and oxygen atoms in total. The number of rotatable bonds is 6. The lowest BCUT2D eigenvalue weighted by atomic mass is 10.1. The third-order valence-electron chi connectivity index (χ3n) is 3.33. The Morgan fingerprint density at radius 1 is 1.53 bits per heavy atom. The molecule has 0 aromatic carbocycles. The summed E-state index contributed by atoms with van der Waals surface area (Å²) < 4.78 is 0. The molecule has 0 heterocycles. The van der Waals surface area contributed by atoms with E-state index in [1.807, 2.05) is 6.92 Å². The van der Waals surface area contributed by atoms with Gasteiger partial charge in [-0.25, -0.2) is 0 Å². The van der Waals surface area contributed by atoms with Crippen molar-refractivity contribution in [2.45, 2.75) is 52.0 Å². The van der Waals surface area contributed by atoms with Crippen LogP contribution in [-0.2, 0) is 4.79 Å².